The molecular weight excluding hydrogens is 765 g/mol. The van der Waals surface area contributed by atoms with Crippen LogP contribution in [-0.4, -0.2) is 59.3 Å². The first kappa shape index (κ1) is 58.8. The third kappa shape index (κ3) is 44.3. The van der Waals surface area contributed by atoms with Crippen LogP contribution < -0.4 is 10.6 Å². The lowest BCUT2D eigenvalue weighted by molar-refractivity contribution is -0.150. The van der Waals surface area contributed by atoms with E-state index in [9.17, 15) is 19.2 Å². The molecule has 2 unspecified atom stereocenters. The van der Waals surface area contributed by atoms with Crippen LogP contribution >= 0.6 is 0 Å². The summed E-state index contributed by atoms with van der Waals surface area (Å²) >= 11 is 0. The monoisotopic (exact) mass is 865 g/mol. The van der Waals surface area contributed by atoms with Crippen molar-refractivity contribution in [2.24, 2.45) is 0 Å². The van der Waals surface area contributed by atoms with Gasteiger partial charge < -0.3 is 25.6 Å². The number of ether oxygens (including phenoxy) is 1. The molecule has 9 heteroatoms. The number of unbranched alkanes of at least 4 members (excludes halogenated alkanes) is 35. The number of aliphatic hydroxyl groups excluding tert-OH is 1. The zero-order chi connectivity index (χ0) is 44.7. The Kier molecular flexibility index (Phi) is 45.6. The molecule has 0 radical (unpaired) electrons. The highest BCUT2D eigenvalue weighted by molar-refractivity contribution is 5.87. The Morgan fingerprint density at radius 3 is 1.07 bits per heavy atom. The lowest BCUT2D eigenvalue weighted by Crippen LogP contribution is -2.47. The van der Waals surface area contributed by atoms with Crippen molar-refractivity contribution >= 4 is 23.8 Å². The van der Waals surface area contributed by atoms with Crippen LogP contribution in [0.1, 0.15) is 284 Å². The number of esters is 1. The Hall–Kier alpha value is -2.16. The van der Waals surface area contributed by atoms with Crippen molar-refractivity contribution in [3.8, 4) is 0 Å². The summed E-state index contributed by atoms with van der Waals surface area (Å²) in [6, 6.07) is -1.38. The van der Waals surface area contributed by atoms with E-state index in [4.69, 9.17) is 14.9 Å². The molecule has 0 aromatic rings. The molecule has 0 heterocycles. The van der Waals surface area contributed by atoms with Crippen molar-refractivity contribution in [2.75, 3.05) is 13.2 Å². The first-order chi connectivity index (χ1) is 29.8. The van der Waals surface area contributed by atoms with Crippen molar-refractivity contribution in [1.29, 1.82) is 0 Å². The number of carboxylic acid groups (broad SMARTS) is 1. The van der Waals surface area contributed by atoms with E-state index >= 15 is 0 Å². The van der Waals surface area contributed by atoms with Crippen LogP contribution in [0.5, 0.6) is 0 Å². The van der Waals surface area contributed by atoms with Gasteiger partial charge in [-0.15, -0.1) is 0 Å². The predicted molar refractivity (Wildman–Crippen MR) is 255 cm³/mol. The number of hydrogen-bond acceptors (Lipinski definition) is 6. The number of hydrogen-bond donors (Lipinski definition) is 4. The largest absolute Gasteiger partial charge is 0.480 e. The first-order valence-corrected chi connectivity index (χ1v) is 26.4. The third-order valence-electron chi connectivity index (χ3n) is 12.4. The fourth-order valence-corrected chi connectivity index (χ4v) is 8.31. The zero-order valence-electron chi connectivity index (χ0n) is 40.2. The van der Waals surface area contributed by atoms with Gasteiger partial charge in [0, 0.05) is 12.8 Å². The van der Waals surface area contributed by atoms with Gasteiger partial charge in [-0.3, -0.25) is 14.4 Å². The van der Waals surface area contributed by atoms with Gasteiger partial charge in [0.05, 0.1) is 13.2 Å². The topological polar surface area (TPSA) is 142 Å². The summed E-state index contributed by atoms with van der Waals surface area (Å²) in [7, 11) is 0. The first-order valence-electron chi connectivity index (χ1n) is 26.4. The van der Waals surface area contributed by atoms with Crippen LogP contribution in [0.4, 0.5) is 0 Å². The van der Waals surface area contributed by atoms with E-state index in [1.54, 1.807) is 0 Å². The second-order valence-electron chi connectivity index (χ2n) is 18.3. The van der Waals surface area contributed by atoms with Crippen molar-refractivity contribution < 1.29 is 34.1 Å². The van der Waals surface area contributed by atoms with E-state index in [0.717, 1.165) is 57.8 Å². The van der Waals surface area contributed by atoms with Crippen molar-refractivity contribution in [1.82, 2.24) is 10.6 Å². The minimum Gasteiger partial charge on any atom is -0.480 e. The Morgan fingerprint density at radius 2 is 0.738 bits per heavy atom. The molecule has 61 heavy (non-hydrogen) atoms. The average Bonchev–Trinajstić information content (AvgIpc) is 3.25. The Morgan fingerprint density at radius 1 is 0.426 bits per heavy atom. The smallest absolute Gasteiger partial charge is 0.328 e. The molecule has 0 aromatic heterocycles. The van der Waals surface area contributed by atoms with E-state index in [1.165, 1.54) is 193 Å². The quantitative estimate of drug-likeness (QED) is 0.0352. The number of carbonyl (C=O) groups is 4. The highest BCUT2D eigenvalue weighted by atomic mass is 16.5. The van der Waals surface area contributed by atoms with Gasteiger partial charge in [-0.1, -0.05) is 232 Å². The van der Waals surface area contributed by atoms with Gasteiger partial charge in [0.25, 0.3) is 0 Å². The van der Waals surface area contributed by atoms with E-state index in [0.29, 0.717) is 19.3 Å². The normalized spacial score (nSPS) is 12.3. The Labute approximate surface area is 376 Å². The number of aliphatic carboxylic acids is 1. The molecule has 2 atom stereocenters. The number of rotatable bonds is 49. The summed E-state index contributed by atoms with van der Waals surface area (Å²) in [6.45, 7) is 3.53. The average molecular weight is 865 g/mol. The van der Waals surface area contributed by atoms with Gasteiger partial charge in [0.2, 0.25) is 11.8 Å². The number of aliphatic hydroxyl groups is 1. The molecule has 360 valence electrons. The van der Waals surface area contributed by atoms with E-state index in [-0.39, 0.29) is 24.5 Å². The lowest BCUT2D eigenvalue weighted by atomic mass is 10.0. The molecule has 0 aliphatic rings. The highest BCUT2D eigenvalue weighted by Crippen LogP contribution is 2.20. The molecule has 9 nitrogen and oxygen atoms in total. The molecule has 0 spiro atoms. The second-order valence-corrected chi connectivity index (χ2v) is 18.3. The third-order valence-corrected chi connectivity index (χ3v) is 12.4. The van der Waals surface area contributed by atoms with Gasteiger partial charge in [0.1, 0.15) is 12.1 Å². The fraction of sp³-hybridized carbons (Fsp3) is 0.923. The van der Waals surface area contributed by atoms with E-state index in [1.807, 2.05) is 0 Å². The molecular formula is C52H100N2O7. The molecule has 0 aliphatic heterocycles. The van der Waals surface area contributed by atoms with Gasteiger partial charge in [-0.05, 0) is 38.5 Å². The summed E-state index contributed by atoms with van der Waals surface area (Å²) in [5.74, 6) is -2.26. The lowest BCUT2D eigenvalue weighted by Gasteiger charge is -2.18. The number of nitrogens with one attached hydrogen (secondary N) is 2. The fourth-order valence-electron chi connectivity index (χ4n) is 8.31. The number of carboxylic acids is 1. The minimum absolute atomic E-state index is 0.00574. The SMILES string of the molecule is CCCCCCCCCCCCCCCCCCCCCCC(=O)OC(CCCCCCCCCCCCCCC)CCCCCCCC(=O)NCC(=O)NC(CO)C(=O)O. The van der Waals surface area contributed by atoms with Gasteiger partial charge >= 0.3 is 11.9 Å². The molecule has 0 saturated heterocycles. The van der Waals surface area contributed by atoms with Crippen LogP contribution in [0.2, 0.25) is 0 Å². The predicted octanol–water partition coefficient (Wildman–Crippen LogP) is 14.0. The molecule has 0 saturated carbocycles. The summed E-state index contributed by atoms with van der Waals surface area (Å²) in [5, 5.41) is 22.6. The molecule has 4 N–H and O–H groups in total. The molecule has 0 aromatic carbocycles. The molecule has 0 bridgehead atoms. The van der Waals surface area contributed by atoms with Crippen LogP contribution in [0, 0.1) is 0 Å². The number of amides is 2. The molecule has 0 aliphatic carbocycles. The molecule has 2 amide bonds. The Balaban J connectivity index is 4.19. The van der Waals surface area contributed by atoms with Crippen molar-refractivity contribution in [3.05, 3.63) is 0 Å². The zero-order valence-corrected chi connectivity index (χ0v) is 40.2. The van der Waals surface area contributed by atoms with E-state index in [2.05, 4.69) is 24.5 Å². The summed E-state index contributed by atoms with van der Waals surface area (Å²) in [4.78, 5) is 47.8. The molecule has 0 fully saturated rings. The van der Waals surface area contributed by atoms with Crippen LogP contribution in [0.25, 0.3) is 0 Å². The minimum atomic E-state index is -1.38. The van der Waals surface area contributed by atoms with Gasteiger partial charge in [-0.25, -0.2) is 4.79 Å². The van der Waals surface area contributed by atoms with Crippen molar-refractivity contribution in [2.45, 2.75) is 296 Å². The van der Waals surface area contributed by atoms with Crippen LogP contribution in [-0.2, 0) is 23.9 Å². The van der Waals surface area contributed by atoms with Gasteiger partial charge in [-0.2, -0.15) is 0 Å². The van der Waals surface area contributed by atoms with Gasteiger partial charge in [0.15, 0.2) is 0 Å². The maximum Gasteiger partial charge on any atom is 0.328 e. The van der Waals surface area contributed by atoms with E-state index < -0.39 is 24.5 Å². The van der Waals surface area contributed by atoms with Crippen LogP contribution in [0.3, 0.4) is 0 Å². The number of carbonyl (C=O) groups excluding carboxylic acids is 3. The van der Waals surface area contributed by atoms with Crippen LogP contribution in [0.15, 0.2) is 0 Å². The summed E-state index contributed by atoms with van der Waals surface area (Å²) in [5.41, 5.74) is 0. The second kappa shape index (κ2) is 47.3. The highest BCUT2D eigenvalue weighted by Gasteiger charge is 2.19. The maximum atomic E-state index is 12.9. The van der Waals surface area contributed by atoms with Crippen molar-refractivity contribution in [3.63, 3.8) is 0 Å². The maximum absolute atomic E-state index is 12.9. The Bertz CT molecular complexity index is 993. The standard InChI is InChI=1S/C52H100N2O7/c1-3-5-7-9-11-13-15-17-18-19-20-21-22-23-25-27-29-31-36-40-44-51(58)61-47(41-37-33-30-28-26-24-16-14-12-10-8-6-4-2)42-38-34-32-35-39-43-49(56)53-45-50(57)54-48(46-55)52(59)60/h47-48,55H,3-46H2,1-2H3,(H,53,56)(H,54,57)(H,59,60). The molecule has 0 rings (SSSR count). The summed E-state index contributed by atoms with van der Waals surface area (Å²) in [6.07, 6.45) is 51.4. The summed E-state index contributed by atoms with van der Waals surface area (Å²) < 4.78 is 6.08.